The highest BCUT2D eigenvalue weighted by Crippen LogP contribution is 2.39. The zero-order valence-corrected chi connectivity index (χ0v) is 20.2. The van der Waals surface area contributed by atoms with Crippen molar-refractivity contribution in [2.45, 2.75) is 65.3 Å². The minimum absolute atomic E-state index is 0.0625. The van der Waals surface area contributed by atoms with Gasteiger partial charge in [-0.1, -0.05) is 26.0 Å². The SMILES string of the molecule is CCN1C(=O)N[C@@H](c2ccc(C(F)(F)F)cc2)C2=C1CN([C@@H](C(=O)NC(C)(C)C)C(C)C)C2=O. The van der Waals surface area contributed by atoms with Crippen molar-refractivity contribution in [1.29, 1.82) is 0 Å². The number of benzene rings is 1. The molecule has 0 spiro atoms. The number of urea groups is 1. The number of nitrogens with one attached hydrogen (secondary N) is 2. The number of hydrogen-bond donors (Lipinski definition) is 2. The molecule has 0 radical (unpaired) electrons. The van der Waals surface area contributed by atoms with Crippen molar-refractivity contribution < 1.29 is 27.6 Å². The molecule has 1 aromatic carbocycles. The molecule has 0 unspecified atom stereocenters. The smallest absolute Gasteiger partial charge is 0.350 e. The normalized spacial score (nSPS) is 20.0. The van der Waals surface area contributed by atoms with Crippen molar-refractivity contribution in [3.8, 4) is 0 Å². The van der Waals surface area contributed by atoms with Crippen LogP contribution in [-0.2, 0) is 15.8 Å². The van der Waals surface area contributed by atoms with Crippen LogP contribution in [0.4, 0.5) is 18.0 Å². The molecular formula is C24H31F3N4O3. The summed E-state index contributed by atoms with van der Waals surface area (Å²) in [5.74, 6) is -0.930. The van der Waals surface area contributed by atoms with E-state index in [-0.39, 0.29) is 23.9 Å². The van der Waals surface area contributed by atoms with Crippen LogP contribution in [0, 0.1) is 5.92 Å². The van der Waals surface area contributed by atoms with Gasteiger partial charge in [-0.15, -0.1) is 0 Å². The second-order valence-electron chi connectivity index (χ2n) is 9.97. The number of halogens is 3. The Labute approximate surface area is 197 Å². The lowest BCUT2D eigenvalue weighted by molar-refractivity contribution is -0.139. The maximum Gasteiger partial charge on any atom is 0.416 e. The van der Waals surface area contributed by atoms with Gasteiger partial charge in [-0.2, -0.15) is 13.2 Å². The molecule has 186 valence electrons. The lowest BCUT2D eigenvalue weighted by Crippen LogP contribution is -2.55. The number of hydrogen-bond acceptors (Lipinski definition) is 3. The summed E-state index contributed by atoms with van der Waals surface area (Å²) < 4.78 is 39.1. The van der Waals surface area contributed by atoms with Crippen molar-refractivity contribution in [2.75, 3.05) is 13.1 Å². The fourth-order valence-corrected chi connectivity index (χ4v) is 4.43. The molecule has 34 heavy (non-hydrogen) atoms. The molecule has 0 bridgehead atoms. The third-order valence-corrected chi connectivity index (χ3v) is 5.87. The Morgan fingerprint density at radius 3 is 2.21 bits per heavy atom. The van der Waals surface area contributed by atoms with Crippen LogP contribution in [0.3, 0.4) is 0 Å². The fraction of sp³-hybridized carbons (Fsp3) is 0.542. The Bertz CT molecular complexity index is 1010. The van der Waals surface area contributed by atoms with E-state index in [0.29, 0.717) is 17.8 Å². The van der Waals surface area contributed by atoms with E-state index in [4.69, 9.17) is 0 Å². The van der Waals surface area contributed by atoms with Crippen LogP contribution >= 0.6 is 0 Å². The van der Waals surface area contributed by atoms with E-state index in [2.05, 4.69) is 10.6 Å². The molecule has 0 fully saturated rings. The number of carbonyl (C=O) groups excluding carboxylic acids is 3. The second-order valence-corrected chi connectivity index (χ2v) is 9.97. The molecule has 2 heterocycles. The van der Waals surface area contributed by atoms with Crippen LogP contribution in [0.5, 0.6) is 0 Å². The van der Waals surface area contributed by atoms with Gasteiger partial charge in [-0.3, -0.25) is 14.5 Å². The number of rotatable bonds is 5. The second kappa shape index (κ2) is 8.96. The Morgan fingerprint density at radius 1 is 1.15 bits per heavy atom. The third-order valence-electron chi connectivity index (χ3n) is 5.87. The Morgan fingerprint density at radius 2 is 1.74 bits per heavy atom. The molecule has 2 atom stereocenters. The number of nitrogens with zero attached hydrogens (tertiary/aromatic N) is 2. The molecule has 7 nitrogen and oxygen atoms in total. The molecule has 0 aliphatic carbocycles. The first-order valence-electron chi connectivity index (χ1n) is 11.3. The molecule has 2 N–H and O–H groups in total. The first kappa shape index (κ1) is 25.6. The number of alkyl halides is 3. The van der Waals surface area contributed by atoms with E-state index >= 15 is 0 Å². The number of amides is 4. The standard InChI is InChI=1S/C24H31F3N4O3/c1-7-30-16-12-31(19(13(2)3)20(32)29-23(4,5)6)21(33)17(16)18(28-22(30)34)14-8-10-15(11-9-14)24(25,26)27/h8-11,13,18-19H,7,12H2,1-6H3,(H,28,34)(H,29,32)/t18-,19+/m0/s1. The summed E-state index contributed by atoms with van der Waals surface area (Å²) in [7, 11) is 0. The van der Waals surface area contributed by atoms with Crippen LogP contribution in [0.25, 0.3) is 0 Å². The van der Waals surface area contributed by atoms with Gasteiger partial charge in [0.15, 0.2) is 0 Å². The summed E-state index contributed by atoms with van der Waals surface area (Å²) in [6.45, 7) is 11.3. The first-order valence-corrected chi connectivity index (χ1v) is 11.3. The van der Waals surface area contributed by atoms with Crippen molar-refractivity contribution in [3.63, 3.8) is 0 Å². The quantitative estimate of drug-likeness (QED) is 0.672. The molecule has 10 heteroatoms. The van der Waals surface area contributed by atoms with Gasteiger partial charge in [-0.25, -0.2) is 4.79 Å². The molecule has 3 rings (SSSR count). The molecule has 0 aromatic heterocycles. The van der Waals surface area contributed by atoms with Crippen LogP contribution in [0.1, 0.15) is 58.7 Å². The van der Waals surface area contributed by atoms with Crippen molar-refractivity contribution in [2.24, 2.45) is 5.92 Å². The van der Waals surface area contributed by atoms with Gasteiger partial charge >= 0.3 is 12.2 Å². The highest BCUT2D eigenvalue weighted by atomic mass is 19.4. The Kier molecular flexibility index (Phi) is 6.74. The van der Waals surface area contributed by atoms with Crippen LogP contribution in [0.15, 0.2) is 35.5 Å². The monoisotopic (exact) mass is 480 g/mol. The molecule has 1 aromatic rings. The fourth-order valence-electron chi connectivity index (χ4n) is 4.43. The largest absolute Gasteiger partial charge is 0.416 e. The van der Waals surface area contributed by atoms with E-state index in [0.717, 1.165) is 12.1 Å². The lowest BCUT2D eigenvalue weighted by atomic mass is 9.94. The molecular weight excluding hydrogens is 449 g/mol. The average Bonchev–Trinajstić information content (AvgIpc) is 3.02. The minimum atomic E-state index is -4.50. The Hall–Kier alpha value is -3.04. The van der Waals surface area contributed by atoms with Gasteiger partial charge in [0.25, 0.3) is 5.91 Å². The van der Waals surface area contributed by atoms with E-state index in [1.165, 1.54) is 21.9 Å². The highest BCUT2D eigenvalue weighted by molar-refractivity contribution is 6.03. The van der Waals surface area contributed by atoms with Gasteiger partial charge in [0, 0.05) is 12.1 Å². The summed E-state index contributed by atoms with van der Waals surface area (Å²) in [5, 5.41) is 5.67. The van der Waals surface area contributed by atoms with Gasteiger partial charge < -0.3 is 15.5 Å². The third kappa shape index (κ3) is 4.90. The summed E-state index contributed by atoms with van der Waals surface area (Å²) in [6, 6.07) is 2.26. The van der Waals surface area contributed by atoms with Gasteiger partial charge in [0.1, 0.15) is 6.04 Å². The minimum Gasteiger partial charge on any atom is -0.350 e. The van der Waals surface area contributed by atoms with Crippen molar-refractivity contribution in [1.82, 2.24) is 20.4 Å². The predicted molar refractivity (Wildman–Crippen MR) is 120 cm³/mol. The van der Waals surface area contributed by atoms with Crippen LogP contribution in [-0.4, -0.2) is 52.3 Å². The zero-order valence-electron chi connectivity index (χ0n) is 20.2. The summed E-state index contributed by atoms with van der Waals surface area (Å²) in [4.78, 5) is 42.5. The van der Waals surface area contributed by atoms with Gasteiger partial charge in [0.05, 0.1) is 29.4 Å². The maximum absolute atomic E-state index is 13.7. The van der Waals surface area contributed by atoms with Crippen molar-refractivity contribution >= 4 is 17.8 Å². The summed E-state index contributed by atoms with van der Waals surface area (Å²) in [6.07, 6.45) is -4.50. The molecule has 0 saturated heterocycles. The zero-order chi connectivity index (χ0) is 25.6. The van der Waals surface area contributed by atoms with E-state index in [1.807, 2.05) is 34.6 Å². The lowest BCUT2D eigenvalue weighted by Gasteiger charge is -2.33. The Balaban J connectivity index is 2.01. The highest BCUT2D eigenvalue weighted by Gasteiger charge is 2.47. The molecule has 4 amide bonds. The van der Waals surface area contributed by atoms with Gasteiger partial charge in [-0.05, 0) is 51.3 Å². The summed E-state index contributed by atoms with van der Waals surface area (Å²) in [5.41, 5.74) is -0.220. The van der Waals surface area contributed by atoms with Crippen LogP contribution < -0.4 is 10.6 Å². The topological polar surface area (TPSA) is 81.8 Å². The van der Waals surface area contributed by atoms with Crippen molar-refractivity contribution in [3.05, 3.63) is 46.7 Å². The van der Waals surface area contributed by atoms with Crippen LogP contribution in [0.2, 0.25) is 0 Å². The van der Waals surface area contributed by atoms with E-state index < -0.39 is 41.3 Å². The average molecular weight is 481 g/mol. The molecule has 0 saturated carbocycles. The maximum atomic E-state index is 13.7. The number of likely N-dealkylation sites (N-methyl/N-ethyl adjacent to an activating group) is 1. The van der Waals surface area contributed by atoms with Gasteiger partial charge in [0.2, 0.25) is 5.91 Å². The molecule has 2 aliphatic rings. The molecule has 2 aliphatic heterocycles. The number of carbonyl (C=O) groups is 3. The summed E-state index contributed by atoms with van der Waals surface area (Å²) >= 11 is 0. The first-order chi connectivity index (χ1) is 15.7. The van der Waals surface area contributed by atoms with E-state index in [9.17, 15) is 27.6 Å². The van der Waals surface area contributed by atoms with E-state index in [1.54, 1.807) is 6.92 Å². The predicted octanol–water partition coefficient (Wildman–Crippen LogP) is 3.83.